The van der Waals surface area contributed by atoms with E-state index in [-0.39, 0.29) is 5.75 Å². The minimum absolute atomic E-state index is 0.0753. The summed E-state index contributed by atoms with van der Waals surface area (Å²) in [6.07, 6.45) is -0.536. The number of hydrogen-bond acceptors (Lipinski definition) is 7. The molecular formula is C14H25N5O6S. The van der Waals surface area contributed by atoms with E-state index in [1.807, 2.05) is 0 Å². The first-order chi connectivity index (χ1) is 12.0. The van der Waals surface area contributed by atoms with Crippen LogP contribution in [0.15, 0.2) is 0 Å². The van der Waals surface area contributed by atoms with E-state index in [9.17, 15) is 24.0 Å². The number of primary amides is 1. The molecule has 0 aliphatic heterocycles. The number of carboxylic acids is 1. The lowest BCUT2D eigenvalue weighted by atomic mass is 10.0. The van der Waals surface area contributed by atoms with E-state index in [1.54, 1.807) is 13.8 Å². The number of carboxylic acid groups (broad SMARTS) is 1. The Kier molecular flexibility index (Phi) is 10.3. The van der Waals surface area contributed by atoms with Crippen molar-refractivity contribution in [2.24, 2.45) is 17.4 Å². The van der Waals surface area contributed by atoms with Crippen LogP contribution in [0.3, 0.4) is 0 Å². The Morgan fingerprint density at radius 3 is 2.08 bits per heavy atom. The zero-order chi connectivity index (χ0) is 20.4. The molecule has 148 valence electrons. The number of carbonyl (C=O) groups is 5. The highest BCUT2D eigenvalue weighted by molar-refractivity contribution is 7.80. The summed E-state index contributed by atoms with van der Waals surface area (Å²) in [6.45, 7) is 2.68. The number of aliphatic carboxylic acids is 1. The molecule has 0 radical (unpaired) electrons. The van der Waals surface area contributed by atoms with Gasteiger partial charge in [-0.05, 0) is 5.92 Å². The van der Waals surface area contributed by atoms with Crippen molar-refractivity contribution in [3.63, 3.8) is 0 Å². The third kappa shape index (κ3) is 8.67. The topological polar surface area (TPSA) is 194 Å². The number of carbonyl (C=O) groups excluding carboxylic acids is 4. The molecule has 0 aromatic heterocycles. The molecule has 0 fully saturated rings. The van der Waals surface area contributed by atoms with Crippen molar-refractivity contribution in [1.82, 2.24) is 16.0 Å². The van der Waals surface area contributed by atoms with Crippen molar-refractivity contribution in [3.8, 4) is 0 Å². The van der Waals surface area contributed by atoms with E-state index in [0.29, 0.717) is 0 Å². The van der Waals surface area contributed by atoms with Crippen LogP contribution in [-0.2, 0) is 24.0 Å². The van der Waals surface area contributed by atoms with E-state index < -0.39 is 66.6 Å². The van der Waals surface area contributed by atoms with Gasteiger partial charge in [-0.3, -0.25) is 19.2 Å². The molecule has 0 aromatic carbocycles. The van der Waals surface area contributed by atoms with Gasteiger partial charge in [0.15, 0.2) is 0 Å². The lowest BCUT2D eigenvalue weighted by Crippen LogP contribution is -2.55. The molecule has 3 unspecified atom stereocenters. The van der Waals surface area contributed by atoms with Crippen molar-refractivity contribution in [3.05, 3.63) is 0 Å². The molecule has 0 heterocycles. The maximum atomic E-state index is 12.2. The van der Waals surface area contributed by atoms with Gasteiger partial charge in [0.25, 0.3) is 0 Å². The van der Waals surface area contributed by atoms with Crippen molar-refractivity contribution < 1.29 is 29.1 Å². The van der Waals surface area contributed by atoms with Crippen LogP contribution in [-0.4, -0.2) is 65.1 Å². The van der Waals surface area contributed by atoms with Gasteiger partial charge in [0.1, 0.15) is 12.1 Å². The molecule has 11 nitrogen and oxygen atoms in total. The number of thiol groups is 1. The first-order valence-electron chi connectivity index (χ1n) is 7.74. The van der Waals surface area contributed by atoms with Gasteiger partial charge in [-0.15, -0.1) is 0 Å². The standard InChI is InChI=1S/C14H25N5O6S/c1-6(2)11(14(24)25)19-13(23)8(3-9(16)20)18-10(21)4-17-12(22)7(15)5-26/h6-8,11,26H,3-5,15H2,1-2H3,(H2,16,20)(H,17,22)(H,18,21)(H,19,23)(H,24,25). The molecule has 0 rings (SSSR count). The summed E-state index contributed by atoms with van der Waals surface area (Å²) in [5, 5.41) is 15.8. The van der Waals surface area contributed by atoms with Crippen LogP contribution in [0.1, 0.15) is 20.3 Å². The first kappa shape index (κ1) is 23.7. The second-order valence-corrected chi connectivity index (χ2v) is 6.23. The number of rotatable bonds is 11. The maximum Gasteiger partial charge on any atom is 0.326 e. The quantitative estimate of drug-likeness (QED) is 0.182. The summed E-state index contributed by atoms with van der Waals surface area (Å²) >= 11 is 3.85. The van der Waals surface area contributed by atoms with E-state index in [1.165, 1.54) is 0 Å². The van der Waals surface area contributed by atoms with Gasteiger partial charge in [-0.2, -0.15) is 12.6 Å². The molecule has 0 saturated heterocycles. The first-order valence-corrected chi connectivity index (χ1v) is 8.37. The molecule has 0 spiro atoms. The summed E-state index contributed by atoms with van der Waals surface area (Å²) in [5.41, 5.74) is 10.5. The van der Waals surface area contributed by atoms with E-state index in [2.05, 4.69) is 28.6 Å². The van der Waals surface area contributed by atoms with Gasteiger partial charge >= 0.3 is 5.97 Å². The van der Waals surface area contributed by atoms with Crippen molar-refractivity contribution in [2.45, 2.75) is 38.4 Å². The summed E-state index contributed by atoms with van der Waals surface area (Å²) in [5.74, 6) is -4.75. The Balaban J connectivity index is 4.90. The van der Waals surface area contributed by atoms with Crippen molar-refractivity contribution in [1.29, 1.82) is 0 Å². The third-order valence-corrected chi connectivity index (χ3v) is 3.64. The van der Waals surface area contributed by atoms with E-state index in [0.717, 1.165) is 0 Å². The molecular weight excluding hydrogens is 366 g/mol. The fourth-order valence-corrected chi connectivity index (χ4v) is 1.97. The van der Waals surface area contributed by atoms with Gasteiger partial charge in [-0.1, -0.05) is 13.8 Å². The van der Waals surface area contributed by atoms with E-state index >= 15 is 0 Å². The molecule has 8 N–H and O–H groups in total. The SMILES string of the molecule is CC(C)C(NC(=O)C(CC(N)=O)NC(=O)CNC(=O)C(N)CS)C(=O)O. The van der Waals surface area contributed by atoms with Crippen LogP contribution in [0, 0.1) is 5.92 Å². The summed E-state index contributed by atoms with van der Waals surface area (Å²) in [6, 6.07) is -3.49. The molecule has 0 aliphatic carbocycles. The highest BCUT2D eigenvalue weighted by atomic mass is 32.1. The van der Waals surface area contributed by atoms with Crippen LogP contribution >= 0.6 is 12.6 Å². The zero-order valence-electron chi connectivity index (χ0n) is 14.5. The smallest absolute Gasteiger partial charge is 0.326 e. The number of nitrogens with two attached hydrogens (primary N) is 2. The minimum Gasteiger partial charge on any atom is -0.480 e. The van der Waals surface area contributed by atoms with Gasteiger partial charge in [0, 0.05) is 5.75 Å². The van der Waals surface area contributed by atoms with Crippen molar-refractivity contribution >= 4 is 42.2 Å². The average molecular weight is 391 g/mol. The van der Waals surface area contributed by atoms with Gasteiger partial charge < -0.3 is 32.5 Å². The molecule has 12 heteroatoms. The van der Waals surface area contributed by atoms with Crippen LogP contribution < -0.4 is 27.4 Å². The second-order valence-electron chi connectivity index (χ2n) is 5.87. The Labute approximate surface area is 156 Å². The van der Waals surface area contributed by atoms with Crippen molar-refractivity contribution in [2.75, 3.05) is 12.3 Å². The number of hydrogen-bond donors (Lipinski definition) is 7. The average Bonchev–Trinajstić information content (AvgIpc) is 2.54. The summed E-state index contributed by atoms with van der Waals surface area (Å²) < 4.78 is 0. The molecule has 0 aliphatic rings. The maximum absolute atomic E-state index is 12.2. The molecule has 26 heavy (non-hydrogen) atoms. The normalized spacial score (nSPS) is 14.0. The second kappa shape index (κ2) is 11.3. The predicted octanol–water partition coefficient (Wildman–Crippen LogP) is -3.05. The Morgan fingerprint density at radius 2 is 1.65 bits per heavy atom. The van der Waals surface area contributed by atoms with Crippen LogP contribution in [0.4, 0.5) is 0 Å². The molecule has 3 atom stereocenters. The molecule has 0 bridgehead atoms. The monoisotopic (exact) mass is 391 g/mol. The molecule has 0 saturated carbocycles. The highest BCUT2D eigenvalue weighted by Gasteiger charge is 2.29. The number of amides is 4. The third-order valence-electron chi connectivity index (χ3n) is 3.24. The highest BCUT2D eigenvalue weighted by Crippen LogP contribution is 2.03. The predicted molar refractivity (Wildman–Crippen MR) is 95.0 cm³/mol. The number of nitrogens with one attached hydrogen (secondary N) is 3. The lowest BCUT2D eigenvalue weighted by Gasteiger charge is -2.22. The lowest BCUT2D eigenvalue weighted by molar-refractivity contribution is -0.143. The zero-order valence-corrected chi connectivity index (χ0v) is 15.4. The molecule has 0 aromatic rings. The Morgan fingerprint density at radius 1 is 1.08 bits per heavy atom. The summed E-state index contributed by atoms with van der Waals surface area (Å²) in [4.78, 5) is 57.9. The van der Waals surface area contributed by atoms with Crippen LogP contribution in [0.2, 0.25) is 0 Å². The molecule has 4 amide bonds. The fourth-order valence-electron chi connectivity index (χ4n) is 1.80. The van der Waals surface area contributed by atoms with E-state index in [4.69, 9.17) is 16.6 Å². The Bertz CT molecular complexity index is 556. The summed E-state index contributed by atoms with van der Waals surface area (Å²) in [7, 11) is 0. The largest absolute Gasteiger partial charge is 0.480 e. The fraction of sp³-hybridized carbons (Fsp3) is 0.643. The van der Waals surface area contributed by atoms with Crippen LogP contribution in [0.5, 0.6) is 0 Å². The van der Waals surface area contributed by atoms with Gasteiger partial charge in [0.2, 0.25) is 23.6 Å². The Hall–Kier alpha value is -2.34. The van der Waals surface area contributed by atoms with Crippen LogP contribution in [0.25, 0.3) is 0 Å². The van der Waals surface area contributed by atoms with Gasteiger partial charge in [-0.25, -0.2) is 4.79 Å². The van der Waals surface area contributed by atoms with Gasteiger partial charge in [0.05, 0.1) is 19.0 Å². The minimum atomic E-state index is -1.38.